The third-order valence-electron chi connectivity index (χ3n) is 4.02. The fourth-order valence-corrected chi connectivity index (χ4v) is 3.24. The van der Waals surface area contributed by atoms with E-state index in [0.717, 1.165) is 19.3 Å². The van der Waals surface area contributed by atoms with E-state index in [2.05, 4.69) is 11.4 Å². The molecular weight excluding hydrogens is 232 g/mol. The summed E-state index contributed by atoms with van der Waals surface area (Å²) in [4.78, 5) is 11.7. The molecule has 5 nitrogen and oxygen atoms in total. The van der Waals surface area contributed by atoms with Gasteiger partial charge in [-0.25, -0.2) is 4.79 Å². The number of furan rings is 1. The monoisotopic (exact) mass is 246 g/mol. The van der Waals surface area contributed by atoms with Crippen molar-refractivity contribution < 1.29 is 13.9 Å². The molecule has 1 aromatic heterocycles. The van der Waals surface area contributed by atoms with Gasteiger partial charge in [0.05, 0.1) is 24.3 Å². The van der Waals surface area contributed by atoms with Gasteiger partial charge in [0.25, 0.3) is 0 Å². The van der Waals surface area contributed by atoms with E-state index in [1.54, 1.807) is 12.3 Å². The summed E-state index contributed by atoms with van der Waals surface area (Å²) in [5.41, 5.74) is -0.443. The van der Waals surface area contributed by atoms with Gasteiger partial charge in [-0.3, -0.25) is 0 Å². The second-order valence-electron chi connectivity index (χ2n) is 4.96. The molecule has 2 aliphatic rings. The maximum Gasteiger partial charge on any atom is 0.408 e. The fourth-order valence-electron chi connectivity index (χ4n) is 3.24. The Bertz CT molecular complexity index is 491. The van der Waals surface area contributed by atoms with Gasteiger partial charge in [-0.15, -0.1) is 0 Å². The molecule has 0 radical (unpaired) electrons. The molecule has 1 N–H and O–H groups in total. The van der Waals surface area contributed by atoms with Crippen LogP contribution in [0.5, 0.6) is 0 Å². The van der Waals surface area contributed by atoms with Crippen molar-refractivity contribution in [3.63, 3.8) is 0 Å². The van der Waals surface area contributed by atoms with E-state index in [1.165, 1.54) is 0 Å². The van der Waals surface area contributed by atoms with E-state index in [-0.39, 0.29) is 12.0 Å². The van der Waals surface area contributed by atoms with Gasteiger partial charge < -0.3 is 14.5 Å². The number of amides is 1. The Kier molecular flexibility index (Phi) is 2.51. The van der Waals surface area contributed by atoms with E-state index >= 15 is 0 Å². The lowest BCUT2D eigenvalue weighted by atomic mass is 9.79. The molecule has 5 heteroatoms. The number of nitrogens with one attached hydrogen (secondary N) is 1. The van der Waals surface area contributed by atoms with E-state index in [9.17, 15) is 4.79 Å². The van der Waals surface area contributed by atoms with Crippen molar-refractivity contribution >= 4 is 6.09 Å². The van der Waals surface area contributed by atoms with Gasteiger partial charge in [0.2, 0.25) is 0 Å². The zero-order chi connectivity index (χ0) is 12.6. The number of cyclic esters (lactones) is 1. The maximum absolute atomic E-state index is 11.7. The van der Waals surface area contributed by atoms with Gasteiger partial charge in [-0.1, -0.05) is 6.42 Å². The molecule has 3 rings (SSSR count). The van der Waals surface area contributed by atoms with Gasteiger partial charge in [-0.2, -0.15) is 5.26 Å². The highest BCUT2D eigenvalue weighted by Gasteiger charge is 2.53. The number of hydrogen-bond donors (Lipinski definition) is 1. The van der Waals surface area contributed by atoms with Crippen LogP contribution in [-0.4, -0.2) is 11.6 Å². The highest BCUT2D eigenvalue weighted by atomic mass is 16.6. The fraction of sp³-hybridized carbons (Fsp3) is 0.538. The first kappa shape index (κ1) is 11.1. The molecule has 0 unspecified atom stereocenters. The second kappa shape index (κ2) is 4.05. The molecule has 1 aliphatic heterocycles. The molecule has 1 saturated heterocycles. The predicted molar refractivity (Wildman–Crippen MR) is 61.4 cm³/mol. The highest BCUT2D eigenvalue weighted by Crippen LogP contribution is 2.49. The molecule has 1 saturated carbocycles. The summed E-state index contributed by atoms with van der Waals surface area (Å²) < 4.78 is 10.7. The zero-order valence-electron chi connectivity index (χ0n) is 9.89. The number of carbonyl (C=O) groups excluding carboxylic acids is 1. The van der Waals surface area contributed by atoms with Crippen molar-refractivity contribution in [3.8, 4) is 6.07 Å². The van der Waals surface area contributed by atoms with E-state index in [0.29, 0.717) is 12.2 Å². The van der Waals surface area contributed by atoms with Crippen LogP contribution >= 0.6 is 0 Å². The van der Waals surface area contributed by atoms with Gasteiger partial charge >= 0.3 is 6.09 Å². The molecule has 1 aliphatic carbocycles. The molecule has 94 valence electrons. The quantitative estimate of drug-likeness (QED) is 0.869. The first-order valence-corrected chi connectivity index (χ1v) is 6.14. The molecular formula is C13H14N2O3. The normalized spacial score (nSPS) is 34.3. The van der Waals surface area contributed by atoms with Crippen LogP contribution in [0.2, 0.25) is 0 Å². The van der Waals surface area contributed by atoms with Crippen molar-refractivity contribution in [2.75, 3.05) is 0 Å². The van der Waals surface area contributed by atoms with Crippen molar-refractivity contribution in [2.45, 2.75) is 37.3 Å². The van der Waals surface area contributed by atoms with Gasteiger partial charge in [0, 0.05) is 5.92 Å². The molecule has 1 aromatic rings. The molecule has 3 atom stereocenters. The van der Waals surface area contributed by atoms with E-state index < -0.39 is 11.6 Å². The number of hydrogen-bond acceptors (Lipinski definition) is 4. The number of fused-ring (bicyclic) bond motifs is 1. The predicted octanol–water partition coefficient (Wildman–Crippen LogP) is 2.51. The number of rotatable bonds is 2. The SMILES string of the molecule is N#CC[C@]12CCC[C@H]1[C@H](c1ccco1)OC(=O)N2. The minimum atomic E-state index is -0.454. The average molecular weight is 246 g/mol. The third-order valence-corrected chi connectivity index (χ3v) is 4.02. The van der Waals surface area contributed by atoms with Crippen molar-refractivity contribution in [1.82, 2.24) is 5.32 Å². The molecule has 0 spiro atoms. The topological polar surface area (TPSA) is 75.3 Å². The lowest BCUT2D eigenvalue weighted by Gasteiger charge is -2.42. The smallest absolute Gasteiger partial charge is 0.408 e. The standard InChI is InChI=1S/C13H14N2O3/c14-7-6-13-5-1-3-9(13)11(18-12(16)15-13)10-4-2-8-17-10/h2,4,8-9,11H,1,3,5-6H2,(H,15,16)/t9-,11+,13+/m0/s1. The first-order valence-electron chi connectivity index (χ1n) is 6.14. The Labute approximate surface area is 105 Å². The van der Waals surface area contributed by atoms with Crippen molar-refractivity contribution in [3.05, 3.63) is 24.2 Å². The number of carbonyl (C=O) groups is 1. The largest absolute Gasteiger partial charge is 0.465 e. The van der Waals surface area contributed by atoms with Gasteiger partial charge in [0.15, 0.2) is 6.10 Å². The van der Waals surface area contributed by atoms with E-state index in [4.69, 9.17) is 14.4 Å². The summed E-state index contributed by atoms with van der Waals surface area (Å²) in [6.45, 7) is 0. The van der Waals surface area contributed by atoms with Crippen molar-refractivity contribution in [1.29, 1.82) is 5.26 Å². The zero-order valence-corrected chi connectivity index (χ0v) is 9.89. The summed E-state index contributed by atoms with van der Waals surface area (Å²) in [5.74, 6) is 0.778. The summed E-state index contributed by atoms with van der Waals surface area (Å²) in [7, 11) is 0. The minimum Gasteiger partial charge on any atom is -0.465 e. The van der Waals surface area contributed by atoms with Crippen LogP contribution in [-0.2, 0) is 4.74 Å². The van der Waals surface area contributed by atoms with Crippen LogP contribution in [0.3, 0.4) is 0 Å². The highest BCUT2D eigenvalue weighted by molar-refractivity contribution is 5.70. The summed E-state index contributed by atoms with van der Waals surface area (Å²) >= 11 is 0. The molecule has 2 heterocycles. The maximum atomic E-state index is 11.7. The van der Waals surface area contributed by atoms with Crippen LogP contribution < -0.4 is 5.32 Å². The Morgan fingerprint density at radius 2 is 2.50 bits per heavy atom. The molecule has 1 amide bonds. The molecule has 18 heavy (non-hydrogen) atoms. The summed E-state index contributed by atoms with van der Waals surface area (Å²) in [6, 6.07) is 5.79. The average Bonchev–Trinajstić information content (AvgIpc) is 2.96. The van der Waals surface area contributed by atoms with E-state index in [1.807, 2.05) is 6.07 Å². The summed E-state index contributed by atoms with van der Waals surface area (Å²) in [5, 5.41) is 11.9. The Morgan fingerprint density at radius 1 is 1.61 bits per heavy atom. The molecule has 0 aromatic carbocycles. The number of ether oxygens (including phenoxy) is 1. The lowest BCUT2D eigenvalue weighted by molar-refractivity contribution is -0.0180. The van der Waals surface area contributed by atoms with Crippen LogP contribution in [0.15, 0.2) is 22.8 Å². The van der Waals surface area contributed by atoms with Crippen molar-refractivity contribution in [2.24, 2.45) is 5.92 Å². The lowest BCUT2D eigenvalue weighted by Crippen LogP contribution is -2.57. The first-order chi connectivity index (χ1) is 8.75. The Balaban J connectivity index is 1.97. The van der Waals surface area contributed by atoms with Crippen LogP contribution in [0.1, 0.15) is 37.5 Å². The van der Waals surface area contributed by atoms with Gasteiger partial charge in [0.1, 0.15) is 5.76 Å². The molecule has 2 fully saturated rings. The molecule has 0 bridgehead atoms. The van der Waals surface area contributed by atoms with Crippen LogP contribution in [0, 0.1) is 17.2 Å². The third kappa shape index (κ3) is 1.57. The van der Waals surface area contributed by atoms with Gasteiger partial charge in [-0.05, 0) is 25.0 Å². The summed E-state index contributed by atoms with van der Waals surface area (Å²) in [6.07, 6.45) is 3.84. The Hall–Kier alpha value is -1.96. The minimum absolute atomic E-state index is 0.112. The Morgan fingerprint density at radius 3 is 3.22 bits per heavy atom. The van der Waals surface area contributed by atoms with Crippen LogP contribution in [0.4, 0.5) is 4.79 Å². The van der Waals surface area contributed by atoms with Crippen LogP contribution in [0.25, 0.3) is 0 Å². The number of alkyl carbamates (subject to hydrolysis) is 1. The second-order valence-corrected chi connectivity index (χ2v) is 4.96. The number of nitrogens with zero attached hydrogens (tertiary/aromatic N) is 1. The number of nitriles is 1.